The zero-order chi connectivity index (χ0) is 22.0. The van der Waals surface area contributed by atoms with E-state index in [0.717, 1.165) is 5.56 Å². The van der Waals surface area contributed by atoms with Crippen molar-refractivity contribution in [3.8, 4) is 11.3 Å². The fourth-order valence-electron chi connectivity index (χ4n) is 3.61. The SMILES string of the molecule is CN(C)C(=O)c1ccc(-c2cc3nccnc3c(NCC3CNCCC3(F)F)n2)cc1. The number of piperidine rings is 1. The van der Waals surface area contributed by atoms with Crippen molar-refractivity contribution in [1.82, 2.24) is 25.2 Å². The number of nitrogens with zero attached hydrogens (tertiary/aromatic N) is 4. The number of benzene rings is 1. The summed E-state index contributed by atoms with van der Waals surface area (Å²) >= 11 is 0. The van der Waals surface area contributed by atoms with Gasteiger partial charge in [0, 0.05) is 63.7 Å². The summed E-state index contributed by atoms with van der Waals surface area (Å²) in [4.78, 5) is 27.0. The molecular formula is C22H24F2N6O. The first-order chi connectivity index (χ1) is 14.8. The fraction of sp³-hybridized carbons (Fsp3) is 0.364. The van der Waals surface area contributed by atoms with Crippen LogP contribution < -0.4 is 10.6 Å². The van der Waals surface area contributed by atoms with E-state index in [2.05, 4.69) is 25.6 Å². The molecule has 7 nitrogen and oxygen atoms in total. The molecule has 162 valence electrons. The molecule has 0 aliphatic carbocycles. The lowest BCUT2D eigenvalue weighted by Crippen LogP contribution is -2.47. The Morgan fingerprint density at radius 1 is 1.23 bits per heavy atom. The molecule has 9 heteroatoms. The minimum Gasteiger partial charge on any atom is -0.368 e. The fourth-order valence-corrected chi connectivity index (χ4v) is 3.61. The monoisotopic (exact) mass is 426 g/mol. The van der Waals surface area contributed by atoms with Gasteiger partial charge in [-0.2, -0.15) is 0 Å². The summed E-state index contributed by atoms with van der Waals surface area (Å²) in [5.74, 6) is -3.25. The lowest BCUT2D eigenvalue weighted by atomic mass is 9.95. The Labute approximate surface area is 178 Å². The molecule has 1 aliphatic heterocycles. The third-order valence-electron chi connectivity index (χ3n) is 5.43. The van der Waals surface area contributed by atoms with Gasteiger partial charge in [0.25, 0.3) is 11.8 Å². The van der Waals surface area contributed by atoms with Gasteiger partial charge < -0.3 is 15.5 Å². The molecule has 0 spiro atoms. The van der Waals surface area contributed by atoms with Crippen LogP contribution in [0, 0.1) is 5.92 Å². The van der Waals surface area contributed by atoms with Crippen LogP contribution >= 0.6 is 0 Å². The molecule has 1 aliphatic rings. The van der Waals surface area contributed by atoms with Crippen molar-refractivity contribution >= 4 is 22.8 Å². The van der Waals surface area contributed by atoms with Gasteiger partial charge in [-0.05, 0) is 18.2 Å². The van der Waals surface area contributed by atoms with Crippen LogP contribution in [0.3, 0.4) is 0 Å². The van der Waals surface area contributed by atoms with Crippen LogP contribution in [0.25, 0.3) is 22.3 Å². The summed E-state index contributed by atoms with van der Waals surface area (Å²) in [7, 11) is 3.40. The molecule has 1 aromatic carbocycles. The lowest BCUT2D eigenvalue weighted by Gasteiger charge is -2.32. The van der Waals surface area contributed by atoms with Crippen molar-refractivity contribution in [3.63, 3.8) is 0 Å². The molecule has 1 fully saturated rings. The Morgan fingerprint density at radius 2 is 1.97 bits per heavy atom. The van der Waals surface area contributed by atoms with Crippen LogP contribution in [0.15, 0.2) is 42.7 Å². The van der Waals surface area contributed by atoms with E-state index >= 15 is 0 Å². The zero-order valence-electron chi connectivity index (χ0n) is 17.4. The summed E-state index contributed by atoms with van der Waals surface area (Å²) in [5.41, 5.74) is 3.11. The second kappa shape index (κ2) is 8.50. The summed E-state index contributed by atoms with van der Waals surface area (Å²) in [5, 5.41) is 6.10. The summed E-state index contributed by atoms with van der Waals surface area (Å²) < 4.78 is 28.5. The lowest BCUT2D eigenvalue weighted by molar-refractivity contribution is -0.0728. The first kappa shape index (κ1) is 21.0. The molecule has 0 radical (unpaired) electrons. The number of pyridine rings is 1. The number of carbonyl (C=O) groups excluding carboxylic acids is 1. The van der Waals surface area contributed by atoms with Gasteiger partial charge in [-0.15, -0.1) is 0 Å². The third-order valence-corrected chi connectivity index (χ3v) is 5.43. The first-order valence-electron chi connectivity index (χ1n) is 10.1. The van der Waals surface area contributed by atoms with E-state index in [1.54, 1.807) is 44.7 Å². The van der Waals surface area contributed by atoms with E-state index in [4.69, 9.17) is 0 Å². The minimum absolute atomic E-state index is 0.0679. The molecule has 31 heavy (non-hydrogen) atoms. The Kier molecular flexibility index (Phi) is 5.77. The maximum atomic E-state index is 14.2. The van der Waals surface area contributed by atoms with Crippen molar-refractivity contribution < 1.29 is 13.6 Å². The van der Waals surface area contributed by atoms with Gasteiger partial charge in [0.2, 0.25) is 0 Å². The third kappa shape index (κ3) is 4.46. The van der Waals surface area contributed by atoms with Crippen LogP contribution in [0.2, 0.25) is 0 Å². The van der Waals surface area contributed by atoms with E-state index < -0.39 is 11.8 Å². The van der Waals surface area contributed by atoms with Gasteiger partial charge in [0.05, 0.1) is 17.1 Å². The molecule has 3 heterocycles. The Morgan fingerprint density at radius 3 is 2.68 bits per heavy atom. The molecule has 3 aromatic rings. The van der Waals surface area contributed by atoms with Crippen LogP contribution in [-0.2, 0) is 0 Å². The van der Waals surface area contributed by atoms with Crippen LogP contribution in [0.5, 0.6) is 0 Å². The summed E-state index contributed by atoms with van der Waals surface area (Å²) in [6, 6.07) is 8.89. The van der Waals surface area contributed by atoms with E-state index in [0.29, 0.717) is 34.7 Å². The highest BCUT2D eigenvalue weighted by Crippen LogP contribution is 2.31. The highest BCUT2D eigenvalue weighted by Gasteiger charge is 2.41. The second-order valence-electron chi connectivity index (χ2n) is 7.85. The molecule has 1 amide bonds. The standard InChI is InChI=1S/C22H24F2N6O/c1-30(2)21(31)15-5-3-14(4-6-15)17-11-18-19(27-10-9-26-18)20(29-17)28-13-16-12-25-8-7-22(16,23)24/h3-6,9-11,16,25H,7-8,12-13H2,1-2H3,(H,28,29). The number of anilines is 1. The minimum atomic E-state index is -2.73. The molecule has 4 rings (SSSR count). The number of alkyl halides is 2. The van der Waals surface area contributed by atoms with Crippen LogP contribution in [0.4, 0.5) is 14.6 Å². The van der Waals surface area contributed by atoms with E-state index in [9.17, 15) is 13.6 Å². The number of carbonyl (C=O) groups is 1. The first-order valence-corrected chi connectivity index (χ1v) is 10.1. The molecule has 1 saturated heterocycles. The molecular weight excluding hydrogens is 402 g/mol. The Balaban J connectivity index is 1.64. The zero-order valence-corrected chi connectivity index (χ0v) is 17.4. The smallest absolute Gasteiger partial charge is 0.255 e. The van der Waals surface area contributed by atoms with Crippen molar-refractivity contribution in [2.24, 2.45) is 5.92 Å². The predicted molar refractivity (Wildman–Crippen MR) is 115 cm³/mol. The quantitative estimate of drug-likeness (QED) is 0.653. The Bertz CT molecular complexity index is 1090. The number of aromatic nitrogens is 3. The molecule has 2 aromatic heterocycles. The summed E-state index contributed by atoms with van der Waals surface area (Å²) in [6.45, 7) is 0.626. The van der Waals surface area contributed by atoms with Crippen molar-refractivity contribution in [1.29, 1.82) is 0 Å². The van der Waals surface area contributed by atoms with E-state index in [-0.39, 0.29) is 25.4 Å². The molecule has 0 saturated carbocycles. The normalized spacial score (nSPS) is 18.0. The number of hydrogen-bond acceptors (Lipinski definition) is 6. The molecule has 1 unspecified atom stereocenters. The average molecular weight is 426 g/mol. The van der Waals surface area contributed by atoms with Crippen molar-refractivity contribution in [3.05, 3.63) is 48.3 Å². The van der Waals surface area contributed by atoms with Gasteiger partial charge in [-0.3, -0.25) is 9.78 Å². The molecule has 2 N–H and O–H groups in total. The van der Waals surface area contributed by atoms with E-state index in [1.807, 2.05) is 12.1 Å². The highest BCUT2D eigenvalue weighted by molar-refractivity contribution is 5.94. The van der Waals surface area contributed by atoms with Gasteiger partial charge >= 0.3 is 0 Å². The number of rotatable bonds is 5. The average Bonchev–Trinajstić information content (AvgIpc) is 2.77. The molecule has 0 bridgehead atoms. The van der Waals surface area contributed by atoms with Gasteiger partial charge in [-0.25, -0.2) is 18.7 Å². The van der Waals surface area contributed by atoms with Gasteiger partial charge in [0.1, 0.15) is 5.52 Å². The maximum Gasteiger partial charge on any atom is 0.255 e. The largest absolute Gasteiger partial charge is 0.368 e. The molecule has 1 atom stereocenters. The van der Waals surface area contributed by atoms with E-state index in [1.165, 1.54) is 4.90 Å². The van der Waals surface area contributed by atoms with Crippen LogP contribution in [0.1, 0.15) is 16.8 Å². The highest BCUT2D eigenvalue weighted by atomic mass is 19.3. The Hall–Kier alpha value is -3.20. The number of halogens is 2. The maximum absolute atomic E-state index is 14.2. The number of amides is 1. The number of fused-ring (bicyclic) bond motifs is 1. The number of nitrogens with one attached hydrogen (secondary N) is 2. The van der Waals surface area contributed by atoms with Gasteiger partial charge in [0.15, 0.2) is 5.82 Å². The van der Waals surface area contributed by atoms with Crippen molar-refractivity contribution in [2.75, 3.05) is 39.0 Å². The number of hydrogen-bond donors (Lipinski definition) is 2. The van der Waals surface area contributed by atoms with Crippen molar-refractivity contribution in [2.45, 2.75) is 12.3 Å². The topological polar surface area (TPSA) is 83.0 Å². The van der Waals surface area contributed by atoms with Gasteiger partial charge in [-0.1, -0.05) is 12.1 Å². The second-order valence-corrected chi connectivity index (χ2v) is 7.85. The summed E-state index contributed by atoms with van der Waals surface area (Å²) in [6.07, 6.45) is 2.95. The van der Waals surface area contributed by atoms with Crippen LogP contribution in [-0.4, -0.2) is 65.4 Å². The predicted octanol–water partition coefficient (Wildman–Crippen LogP) is 3.05.